The molecule has 0 saturated carbocycles. The minimum atomic E-state index is -0.141. The lowest BCUT2D eigenvalue weighted by Crippen LogP contribution is -2.22. The van der Waals surface area contributed by atoms with Gasteiger partial charge in [-0.2, -0.15) is 0 Å². The summed E-state index contributed by atoms with van der Waals surface area (Å²) in [6.45, 7) is -0.141. The normalized spacial score (nSPS) is 17.9. The fourth-order valence-corrected chi connectivity index (χ4v) is 2.95. The van der Waals surface area contributed by atoms with Crippen LogP contribution in [0.15, 0.2) is 24.3 Å². The Labute approximate surface area is 111 Å². The molecule has 0 spiro atoms. The number of amides is 1. The van der Waals surface area contributed by atoms with Crippen molar-refractivity contribution in [1.82, 2.24) is 0 Å². The number of nitrogens with one attached hydrogen (secondary N) is 1. The maximum Gasteiger partial charge on any atom is 0.237 e. The second-order valence-electron chi connectivity index (χ2n) is 4.03. The number of carbonyl (C=O) groups is 1. The van der Waals surface area contributed by atoms with E-state index in [-0.39, 0.29) is 17.8 Å². The Balaban J connectivity index is 1.95. The van der Waals surface area contributed by atoms with E-state index in [1.54, 1.807) is 11.8 Å². The summed E-state index contributed by atoms with van der Waals surface area (Å²) in [5.41, 5.74) is 1.62. The van der Waals surface area contributed by atoms with Gasteiger partial charge in [-0.05, 0) is 42.9 Å². The summed E-state index contributed by atoms with van der Waals surface area (Å²) in [5, 5.41) is 11.6. The third-order valence-electron chi connectivity index (χ3n) is 2.69. The standard InChI is InChI=1S/C14H15NO2S/c16-9-1-3-11-5-7-12(8-6-11)15-14(17)13-4-2-10-18-13/h5-8,13,16H,2,4,9-10H2,(H,15,17). The highest BCUT2D eigenvalue weighted by atomic mass is 32.2. The summed E-state index contributed by atoms with van der Waals surface area (Å²) >= 11 is 1.72. The summed E-state index contributed by atoms with van der Waals surface area (Å²) in [6, 6.07) is 7.33. The molecular weight excluding hydrogens is 246 g/mol. The Bertz CT molecular complexity index is 467. The van der Waals surface area contributed by atoms with Gasteiger partial charge in [-0.25, -0.2) is 0 Å². The number of rotatable bonds is 2. The predicted octanol–water partition coefficient (Wildman–Crippen LogP) is 1.86. The summed E-state index contributed by atoms with van der Waals surface area (Å²) in [7, 11) is 0. The first-order valence-electron chi connectivity index (χ1n) is 5.92. The van der Waals surface area contributed by atoms with Gasteiger partial charge in [0.15, 0.2) is 0 Å². The molecule has 1 unspecified atom stereocenters. The van der Waals surface area contributed by atoms with Gasteiger partial charge in [-0.3, -0.25) is 4.79 Å². The zero-order valence-electron chi connectivity index (χ0n) is 9.98. The molecule has 94 valence electrons. The summed E-state index contributed by atoms with van der Waals surface area (Å²) in [6.07, 6.45) is 2.09. The van der Waals surface area contributed by atoms with Crippen LogP contribution in [-0.4, -0.2) is 28.6 Å². The minimum absolute atomic E-state index is 0.0895. The van der Waals surface area contributed by atoms with E-state index in [1.807, 2.05) is 24.3 Å². The summed E-state index contributed by atoms with van der Waals surface area (Å²) in [4.78, 5) is 11.9. The molecule has 0 aliphatic carbocycles. The first kappa shape index (κ1) is 13.0. The monoisotopic (exact) mass is 261 g/mol. The van der Waals surface area contributed by atoms with Crippen LogP contribution in [0.1, 0.15) is 18.4 Å². The van der Waals surface area contributed by atoms with Gasteiger partial charge >= 0.3 is 0 Å². The lowest BCUT2D eigenvalue weighted by Gasteiger charge is -2.09. The van der Waals surface area contributed by atoms with Gasteiger partial charge in [-0.15, -0.1) is 11.8 Å². The van der Waals surface area contributed by atoms with Crippen molar-refractivity contribution < 1.29 is 9.90 Å². The Kier molecular flexibility index (Phi) is 4.68. The second kappa shape index (κ2) is 6.48. The number of hydrogen-bond donors (Lipinski definition) is 2. The van der Waals surface area contributed by atoms with Crippen molar-refractivity contribution in [3.63, 3.8) is 0 Å². The molecule has 1 saturated heterocycles. The van der Waals surface area contributed by atoms with Crippen molar-refractivity contribution in [1.29, 1.82) is 0 Å². The molecule has 1 aliphatic heterocycles. The van der Waals surface area contributed by atoms with Crippen molar-refractivity contribution in [2.75, 3.05) is 17.7 Å². The molecule has 4 heteroatoms. The van der Waals surface area contributed by atoms with E-state index in [1.165, 1.54) is 0 Å². The first-order valence-corrected chi connectivity index (χ1v) is 6.97. The largest absolute Gasteiger partial charge is 0.384 e. The Morgan fingerprint density at radius 3 is 2.83 bits per heavy atom. The van der Waals surface area contributed by atoms with Gasteiger partial charge in [0.05, 0.1) is 5.25 Å². The molecule has 2 N–H and O–H groups in total. The number of carbonyl (C=O) groups excluding carboxylic acids is 1. The van der Waals surface area contributed by atoms with Crippen LogP contribution < -0.4 is 5.32 Å². The molecule has 0 bridgehead atoms. The third kappa shape index (κ3) is 3.52. The van der Waals surface area contributed by atoms with Gasteiger partial charge in [0.25, 0.3) is 0 Å². The molecule has 1 atom stereocenters. The molecule has 1 fully saturated rings. The van der Waals surface area contributed by atoms with Gasteiger partial charge in [-0.1, -0.05) is 11.8 Å². The molecule has 3 nitrogen and oxygen atoms in total. The van der Waals surface area contributed by atoms with E-state index in [4.69, 9.17) is 5.11 Å². The SMILES string of the molecule is O=C(Nc1ccc(C#CCO)cc1)C1CCCS1. The zero-order valence-corrected chi connectivity index (χ0v) is 10.8. The highest BCUT2D eigenvalue weighted by Gasteiger charge is 2.23. The zero-order chi connectivity index (χ0) is 12.8. The van der Waals surface area contributed by atoms with E-state index in [2.05, 4.69) is 17.2 Å². The van der Waals surface area contributed by atoms with Gasteiger partial charge in [0.2, 0.25) is 5.91 Å². The van der Waals surface area contributed by atoms with E-state index < -0.39 is 0 Å². The number of hydrogen-bond acceptors (Lipinski definition) is 3. The minimum Gasteiger partial charge on any atom is -0.384 e. The highest BCUT2D eigenvalue weighted by molar-refractivity contribution is 8.00. The average Bonchev–Trinajstić information content (AvgIpc) is 2.92. The highest BCUT2D eigenvalue weighted by Crippen LogP contribution is 2.27. The number of anilines is 1. The van der Waals surface area contributed by atoms with Crippen LogP contribution in [0.2, 0.25) is 0 Å². The fourth-order valence-electron chi connectivity index (χ4n) is 1.79. The molecule has 0 aromatic heterocycles. The molecule has 1 heterocycles. The van der Waals surface area contributed by atoms with Crippen LogP contribution in [-0.2, 0) is 4.79 Å². The van der Waals surface area contributed by atoms with Crippen LogP contribution >= 0.6 is 11.8 Å². The summed E-state index contributed by atoms with van der Waals surface area (Å²) in [5.74, 6) is 6.56. The number of aliphatic hydroxyl groups is 1. The molecule has 2 rings (SSSR count). The molecule has 1 aromatic carbocycles. The Morgan fingerprint density at radius 2 is 2.22 bits per heavy atom. The van der Waals surface area contributed by atoms with Crippen molar-refractivity contribution in [3.05, 3.63) is 29.8 Å². The molecule has 18 heavy (non-hydrogen) atoms. The Morgan fingerprint density at radius 1 is 1.44 bits per heavy atom. The van der Waals surface area contributed by atoms with Crippen LogP contribution in [0.5, 0.6) is 0 Å². The molecule has 1 aliphatic rings. The average molecular weight is 261 g/mol. The number of thioether (sulfide) groups is 1. The fraction of sp³-hybridized carbons (Fsp3) is 0.357. The summed E-state index contributed by atoms with van der Waals surface area (Å²) < 4.78 is 0. The molecule has 1 amide bonds. The lowest BCUT2D eigenvalue weighted by molar-refractivity contribution is -0.115. The van der Waals surface area contributed by atoms with E-state index in [0.29, 0.717) is 0 Å². The first-order chi connectivity index (χ1) is 8.79. The van der Waals surface area contributed by atoms with Crippen molar-refractivity contribution >= 4 is 23.4 Å². The second-order valence-corrected chi connectivity index (χ2v) is 5.34. The number of benzene rings is 1. The molecule has 1 aromatic rings. The van der Waals surface area contributed by atoms with Crippen molar-refractivity contribution in [2.24, 2.45) is 0 Å². The Hall–Kier alpha value is -1.44. The lowest BCUT2D eigenvalue weighted by atomic mass is 10.2. The molecular formula is C14H15NO2S. The van der Waals surface area contributed by atoms with Gasteiger partial charge in [0.1, 0.15) is 6.61 Å². The van der Waals surface area contributed by atoms with Crippen LogP contribution in [0.3, 0.4) is 0 Å². The van der Waals surface area contributed by atoms with Crippen molar-refractivity contribution in [3.8, 4) is 11.8 Å². The van der Waals surface area contributed by atoms with Crippen LogP contribution in [0, 0.1) is 11.8 Å². The van der Waals surface area contributed by atoms with Gasteiger partial charge < -0.3 is 10.4 Å². The maximum atomic E-state index is 11.9. The quantitative estimate of drug-likeness (QED) is 0.799. The predicted molar refractivity (Wildman–Crippen MR) is 74.5 cm³/mol. The van der Waals surface area contributed by atoms with Crippen LogP contribution in [0.25, 0.3) is 0 Å². The van der Waals surface area contributed by atoms with E-state index >= 15 is 0 Å². The number of aliphatic hydroxyl groups excluding tert-OH is 1. The smallest absolute Gasteiger partial charge is 0.237 e. The van der Waals surface area contributed by atoms with Gasteiger partial charge in [0, 0.05) is 11.3 Å². The van der Waals surface area contributed by atoms with Crippen molar-refractivity contribution in [2.45, 2.75) is 18.1 Å². The van der Waals surface area contributed by atoms with E-state index in [9.17, 15) is 4.79 Å². The van der Waals surface area contributed by atoms with Crippen LogP contribution in [0.4, 0.5) is 5.69 Å². The topological polar surface area (TPSA) is 49.3 Å². The maximum absolute atomic E-state index is 11.9. The third-order valence-corrected chi connectivity index (χ3v) is 4.06. The van der Waals surface area contributed by atoms with E-state index in [0.717, 1.165) is 29.8 Å². The molecule has 0 radical (unpaired) electrons.